The number of carbonyl (C=O) groups excluding carboxylic acids is 4. The number of hydrogen-bond acceptors (Lipinski definition) is 11. The molecular formula is C56H52N2O11. The number of hydrogen-bond donors (Lipinski definition) is 2. The normalized spacial score (nSPS) is 11.5. The van der Waals surface area contributed by atoms with Gasteiger partial charge in [0.1, 0.15) is 56.6 Å². The number of rotatable bonds is 22. The van der Waals surface area contributed by atoms with Crippen molar-refractivity contribution in [2.24, 2.45) is 0 Å². The van der Waals surface area contributed by atoms with Crippen LogP contribution < -0.4 is 24.8 Å². The number of ether oxygens (including phenoxy) is 7. The van der Waals surface area contributed by atoms with Crippen LogP contribution in [0.4, 0.5) is 9.59 Å². The molecule has 7 aromatic rings. The Morgan fingerprint density at radius 1 is 0.391 bits per heavy atom. The molecule has 0 aliphatic carbocycles. The van der Waals surface area contributed by atoms with Crippen molar-refractivity contribution >= 4 is 24.1 Å². The summed E-state index contributed by atoms with van der Waals surface area (Å²) in [7, 11) is 1.60. The lowest BCUT2D eigenvalue weighted by atomic mass is 10.0. The summed E-state index contributed by atoms with van der Waals surface area (Å²) in [5.41, 5.74) is 5.35. The molecule has 13 nitrogen and oxygen atoms in total. The molecule has 7 aromatic carbocycles. The van der Waals surface area contributed by atoms with Crippen molar-refractivity contribution in [1.82, 2.24) is 10.6 Å². The highest BCUT2D eigenvalue weighted by Gasteiger charge is 2.26. The van der Waals surface area contributed by atoms with Crippen LogP contribution in [0.1, 0.15) is 38.9 Å². The number of esters is 2. The van der Waals surface area contributed by atoms with Crippen molar-refractivity contribution in [3.05, 3.63) is 227 Å². The first-order valence-electron chi connectivity index (χ1n) is 22.3. The molecule has 0 radical (unpaired) electrons. The van der Waals surface area contributed by atoms with Crippen LogP contribution in [-0.2, 0) is 74.4 Å². The van der Waals surface area contributed by atoms with Gasteiger partial charge in [0.25, 0.3) is 0 Å². The predicted octanol–water partition coefficient (Wildman–Crippen LogP) is 10.2. The summed E-state index contributed by atoms with van der Waals surface area (Å²) < 4.78 is 40.3. The van der Waals surface area contributed by atoms with E-state index in [1.54, 1.807) is 49.6 Å². The van der Waals surface area contributed by atoms with Gasteiger partial charge in [-0.05, 0) is 75.3 Å². The minimum atomic E-state index is -1.13. The fourth-order valence-electron chi connectivity index (χ4n) is 6.91. The highest BCUT2D eigenvalue weighted by molar-refractivity contribution is 5.82. The molecule has 13 heteroatoms. The van der Waals surface area contributed by atoms with E-state index in [9.17, 15) is 19.2 Å². The zero-order valence-electron chi connectivity index (χ0n) is 38.0. The van der Waals surface area contributed by atoms with Crippen LogP contribution >= 0.6 is 0 Å². The lowest BCUT2D eigenvalue weighted by Crippen LogP contribution is -2.43. The molecule has 0 fully saturated rings. The summed E-state index contributed by atoms with van der Waals surface area (Å²) in [6.07, 6.45) is -1.45. The molecular weight excluding hydrogens is 877 g/mol. The van der Waals surface area contributed by atoms with Gasteiger partial charge >= 0.3 is 24.1 Å². The number of nitrogens with one attached hydrogen (secondary N) is 2. The third-order valence-corrected chi connectivity index (χ3v) is 10.6. The van der Waals surface area contributed by atoms with Crippen LogP contribution in [0.5, 0.6) is 23.0 Å². The fraction of sp³-hybridized carbons (Fsp3) is 0.179. The molecule has 7 rings (SSSR count). The molecule has 2 amide bonds. The van der Waals surface area contributed by atoms with Crippen molar-refractivity contribution in [2.75, 3.05) is 7.11 Å². The summed E-state index contributed by atoms with van der Waals surface area (Å²) in [5.74, 6) is 0.560. The molecule has 0 aromatic heterocycles. The van der Waals surface area contributed by atoms with Gasteiger partial charge in [-0.25, -0.2) is 19.2 Å². The zero-order chi connectivity index (χ0) is 48.0. The number of carbonyl (C=O) groups is 4. The predicted molar refractivity (Wildman–Crippen MR) is 257 cm³/mol. The highest BCUT2D eigenvalue weighted by Crippen LogP contribution is 2.34. The van der Waals surface area contributed by atoms with Crippen molar-refractivity contribution in [1.29, 1.82) is 0 Å². The van der Waals surface area contributed by atoms with Gasteiger partial charge in [-0.3, -0.25) is 0 Å². The SMILES string of the molecule is COc1ccc(COc2ccc(C[C@H](NC(=O)OCc3ccccc3)C(=O)OCc3ccccc3)cc2Oc2ccc(C[C@H](NC(=O)OCc3ccccc3)C(=O)OCc3ccccc3)cc2)cc1. The molecule has 69 heavy (non-hydrogen) atoms. The van der Waals surface area contributed by atoms with E-state index in [0.717, 1.165) is 27.8 Å². The number of methoxy groups -OCH3 is 1. The monoisotopic (exact) mass is 928 g/mol. The summed E-state index contributed by atoms with van der Waals surface area (Å²) >= 11 is 0. The Kier molecular flexibility index (Phi) is 17.8. The molecule has 0 saturated carbocycles. The number of benzene rings is 7. The second-order valence-electron chi connectivity index (χ2n) is 15.8. The topological polar surface area (TPSA) is 157 Å². The maximum Gasteiger partial charge on any atom is 0.408 e. The average Bonchev–Trinajstić information content (AvgIpc) is 3.39. The molecule has 0 spiro atoms. The van der Waals surface area contributed by atoms with Gasteiger partial charge in [-0.1, -0.05) is 152 Å². The van der Waals surface area contributed by atoms with Crippen molar-refractivity contribution < 1.29 is 52.3 Å². The summed E-state index contributed by atoms with van der Waals surface area (Å²) in [6.45, 7) is 0.254. The Balaban J connectivity index is 1.08. The quantitative estimate of drug-likeness (QED) is 0.0493. The van der Waals surface area contributed by atoms with Gasteiger partial charge < -0.3 is 43.8 Å². The second-order valence-corrected chi connectivity index (χ2v) is 15.8. The molecule has 0 aliphatic rings. The van der Waals surface area contributed by atoms with E-state index in [0.29, 0.717) is 34.1 Å². The Bertz CT molecular complexity index is 2700. The maximum atomic E-state index is 13.7. The van der Waals surface area contributed by atoms with Crippen molar-refractivity contribution in [2.45, 2.75) is 58.0 Å². The van der Waals surface area contributed by atoms with E-state index < -0.39 is 36.2 Å². The molecule has 2 atom stereocenters. The average molecular weight is 929 g/mol. The summed E-state index contributed by atoms with van der Waals surface area (Å²) in [4.78, 5) is 53.3. The van der Waals surface area contributed by atoms with E-state index in [4.69, 9.17) is 33.2 Å². The minimum Gasteiger partial charge on any atom is -0.497 e. The van der Waals surface area contributed by atoms with Gasteiger partial charge in [-0.2, -0.15) is 0 Å². The Morgan fingerprint density at radius 3 is 1.22 bits per heavy atom. The Hall–Kier alpha value is -8.58. The standard InChI is InChI=1S/C56H52N2O11/c1-63-47-27-24-45(25-28-47)35-64-51-31-26-46(33-50(54(60)66-37-42-16-8-3-9-17-42)58-56(62)68-39-44-20-12-5-13-21-44)34-52(51)69-48-29-22-40(23-30-48)32-49(53(59)65-36-41-14-6-2-7-15-41)57-55(61)67-38-43-18-10-4-11-19-43/h2-31,34,49-50H,32-33,35-39H2,1H3,(H,57,61)(H,58,62)/t49-,50-/m0/s1. The van der Waals surface area contributed by atoms with Crippen LogP contribution in [0.3, 0.4) is 0 Å². The third-order valence-electron chi connectivity index (χ3n) is 10.6. The van der Waals surface area contributed by atoms with E-state index in [2.05, 4.69) is 10.6 Å². The Labute approximate surface area is 400 Å². The molecule has 0 unspecified atom stereocenters. The third kappa shape index (κ3) is 15.8. The zero-order valence-corrected chi connectivity index (χ0v) is 38.0. The first-order chi connectivity index (χ1) is 33.8. The molecule has 2 N–H and O–H groups in total. The van der Waals surface area contributed by atoms with E-state index in [1.807, 2.05) is 146 Å². The van der Waals surface area contributed by atoms with E-state index in [-0.39, 0.29) is 45.9 Å². The molecule has 0 bridgehead atoms. The van der Waals surface area contributed by atoms with Gasteiger partial charge in [0.05, 0.1) is 7.11 Å². The van der Waals surface area contributed by atoms with E-state index in [1.165, 1.54) is 0 Å². The van der Waals surface area contributed by atoms with Gasteiger partial charge in [0.2, 0.25) is 0 Å². The highest BCUT2D eigenvalue weighted by atomic mass is 16.6. The van der Waals surface area contributed by atoms with Crippen molar-refractivity contribution in [3.63, 3.8) is 0 Å². The Morgan fingerprint density at radius 2 is 0.768 bits per heavy atom. The maximum absolute atomic E-state index is 13.7. The molecule has 352 valence electrons. The smallest absolute Gasteiger partial charge is 0.408 e. The van der Waals surface area contributed by atoms with Gasteiger partial charge in [-0.15, -0.1) is 0 Å². The lowest BCUT2D eigenvalue weighted by molar-refractivity contribution is -0.148. The summed E-state index contributed by atoms with van der Waals surface area (Å²) in [6, 6.07) is 54.4. The van der Waals surface area contributed by atoms with Gasteiger partial charge in [0.15, 0.2) is 11.5 Å². The fourth-order valence-corrected chi connectivity index (χ4v) is 6.91. The first-order valence-corrected chi connectivity index (χ1v) is 22.3. The van der Waals surface area contributed by atoms with Crippen LogP contribution in [-0.4, -0.2) is 43.3 Å². The van der Waals surface area contributed by atoms with Crippen LogP contribution in [0.2, 0.25) is 0 Å². The first kappa shape index (κ1) is 48.4. The van der Waals surface area contributed by atoms with E-state index >= 15 is 0 Å². The molecule has 0 heterocycles. The summed E-state index contributed by atoms with van der Waals surface area (Å²) in [5, 5.41) is 5.38. The number of alkyl carbamates (subject to hydrolysis) is 2. The van der Waals surface area contributed by atoms with Crippen molar-refractivity contribution in [3.8, 4) is 23.0 Å². The second kappa shape index (κ2) is 25.4. The lowest BCUT2D eigenvalue weighted by Gasteiger charge is -2.20. The molecule has 0 saturated heterocycles. The van der Waals surface area contributed by atoms with Gasteiger partial charge in [0, 0.05) is 12.8 Å². The minimum absolute atomic E-state index is 0.00341. The van der Waals surface area contributed by atoms with Crippen LogP contribution in [0.25, 0.3) is 0 Å². The number of amides is 2. The largest absolute Gasteiger partial charge is 0.497 e. The molecule has 0 aliphatic heterocycles. The van der Waals surface area contributed by atoms with Crippen LogP contribution in [0.15, 0.2) is 188 Å². The van der Waals surface area contributed by atoms with Crippen LogP contribution in [0, 0.1) is 0 Å².